The molecule has 0 saturated heterocycles. The number of amides is 3. The number of carboxylic acid groups (broad SMARTS) is 1. The van der Waals surface area contributed by atoms with Crippen LogP contribution >= 0.6 is 12.6 Å². The summed E-state index contributed by atoms with van der Waals surface area (Å²) < 4.78 is 0. The van der Waals surface area contributed by atoms with E-state index in [-0.39, 0.29) is 24.0 Å². The second-order valence-corrected chi connectivity index (χ2v) is 9.86. The number of carboxylic acids is 1. The van der Waals surface area contributed by atoms with Crippen LogP contribution in [0.25, 0.3) is 10.9 Å². The number of nitrogens with one attached hydrogen (secondary N) is 4. The zero-order chi connectivity index (χ0) is 27.7. The molecular weight excluding hydrogens is 494 g/mol. The van der Waals surface area contributed by atoms with Crippen molar-refractivity contribution in [1.82, 2.24) is 20.9 Å². The van der Waals surface area contributed by atoms with Crippen molar-refractivity contribution in [2.75, 3.05) is 5.75 Å². The van der Waals surface area contributed by atoms with Crippen LogP contribution < -0.4 is 21.7 Å². The quantitative estimate of drug-likeness (QED) is 0.182. The third kappa shape index (κ3) is 7.96. The minimum absolute atomic E-state index is 0.0929. The van der Waals surface area contributed by atoms with E-state index >= 15 is 0 Å². The number of aliphatic carboxylic acids is 1. The van der Waals surface area contributed by atoms with Crippen molar-refractivity contribution in [2.24, 2.45) is 17.6 Å². The van der Waals surface area contributed by atoms with E-state index in [1.807, 2.05) is 45.0 Å². The minimum Gasteiger partial charge on any atom is -0.480 e. The molecule has 11 heteroatoms. The second-order valence-electron chi connectivity index (χ2n) is 9.49. The molecule has 2 rings (SSSR count). The van der Waals surface area contributed by atoms with E-state index in [1.54, 1.807) is 13.1 Å². The third-order valence-electron chi connectivity index (χ3n) is 6.88. The Morgan fingerprint density at radius 2 is 1.57 bits per heavy atom. The Balaban J connectivity index is 2.33. The Bertz CT molecular complexity index is 1090. The summed E-state index contributed by atoms with van der Waals surface area (Å²) in [7, 11) is 0. The zero-order valence-electron chi connectivity index (χ0n) is 21.8. The van der Waals surface area contributed by atoms with Crippen molar-refractivity contribution >= 4 is 47.2 Å². The van der Waals surface area contributed by atoms with Crippen LogP contribution in [-0.2, 0) is 25.6 Å². The van der Waals surface area contributed by atoms with Gasteiger partial charge in [-0.25, -0.2) is 4.79 Å². The first-order valence-corrected chi connectivity index (χ1v) is 13.2. The number of nitrogens with two attached hydrogens (primary N) is 1. The Kier molecular flexibility index (Phi) is 11.4. The molecule has 0 aliphatic carbocycles. The van der Waals surface area contributed by atoms with Gasteiger partial charge in [-0.2, -0.15) is 12.6 Å². The maximum atomic E-state index is 13.5. The van der Waals surface area contributed by atoms with Crippen LogP contribution in [0.15, 0.2) is 30.5 Å². The average Bonchev–Trinajstić information content (AvgIpc) is 3.30. The fourth-order valence-corrected chi connectivity index (χ4v) is 4.16. The Hall–Kier alpha value is -3.05. The summed E-state index contributed by atoms with van der Waals surface area (Å²) in [5, 5.41) is 18.2. The van der Waals surface area contributed by atoms with E-state index < -0.39 is 47.9 Å². The number of para-hydroxylation sites is 1. The summed E-state index contributed by atoms with van der Waals surface area (Å²) in [6.07, 6.45) is 3.20. The predicted octanol–water partition coefficient (Wildman–Crippen LogP) is 1.60. The van der Waals surface area contributed by atoms with Crippen molar-refractivity contribution < 1.29 is 24.3 Å². The molecule has 7 N–H and O–H groups in total. The van der Waals surface area contributed by atoms with Gasteiger partial charge in [-0.1, -0.05) is 58.7 Å². The van der Waals surface area contributed by atoms with E-state index in [2.05, 4.69) is 33.6 Å². The zero-order valence-corrected chi connectivity index (χ0v) is 22.7. The molecular formula is C26H39N5O5S. The Labute approximate surface area is 222 Å². The molecule has 1 aromatic carbocycles. The molecule has 1 heterocycles. The first-order valence-electron chi connectivity index (χ1n) is 12.6. The fourth-order valence-electron chi connectivity index (χ4n) is 3.91. The summed E-state index contributed by atoms with van der Waals surface area (Å²) in [6.45, 7) is 7.44. The van der Waals surface area contributed by atoms with Crippen molar-refractivity contribution in [3.8, 4) is 0 Å². The van der Waals surface area contributed by atoms with Crippen molar-refractivity contribution in [3.05, 3.63) is 36.0 Å². The molecule has 0 bridgehead atoms. The molecule has 37 heavy (non-hydrogen) atoms. The second kappa shape index (κ2) is 14.0. The lowest BCUT2D eigenvalue weighted by Crippen LogP contribution is -2.59. The van der Waals surface area contributed by atoms with Gasteiger partial charge in [0.15, 0.2) is 0 Å². The highest BCUT2D eigenvalue weighted by atomic mass is 32.1. The lowest BCUT2D eigenvalue weighted by Gasteiger charge is -2.28. The third-order valence-corrected chi connectivity index (χ3v) is 7.25. The van der Waals surface area contributed by atoms with Crippen molar-refractivity contribution in [2.45, 2.75) is 71.1 Å². The summed E-state index contributed by atoms with van der Waals surface area (Å²) >= 11 is 3.99. The van der Waals surface area contributed by atoms with Gasteiger partial charge in [0.1, 0.15) is 18.1 Å². The molecule has 2 aromatic rings. The summed E-state index contributed by atoms with van der Waals surface area (Å²) in [5.41, 5.74) is 7.83. The number of thiol groups is 1. The fraction of sp³-hybridized carbons (Fsp3) is 0.538. The minimum atomic E-state index is -1.22. The molecule has 1 aromatic heterocycles. The lowest BCUT2D eigenvalue weighted by atomic mass is 9.96. The predicted molar refractivity (Wildman–Crippen MR) is 146 cm³/mol. The Morgan fingerprint density at radius 1 is 0.946 bits per heavy atom. The summed E-state index contributed by atoms with van der Waals surface area (Å²) in [6, 6.07) is 3.58. The van der Waals surface area contributed by atoms with E-state index in [4.69, 9.17) is 5.73 Å². The standard InChI is InChI=1S/C26H39N5O5S/c1-5-14(3)21(27)24(33)29-19(11-16-12-28-18-10-8-7-9-17(16)18)23(32)31-22(15(4)6-2)25(34)30-20(13-37)26(35)36/h7-10,12,14-15,19-22,28,37H,5-6,11,13,27H2,1-4H3,(H,29,33)(H,30,34)(H,31,32)(H,35,36). The van der Waals surface area contributed by atoms with Gasteiger partial charge >= 0.3 is 5.97 Å². The molecule has 0 fully saturated rings. The van der Waals surface area contributed by atoms with Crippen LogP contribution in [-0.4, -0.2) is 63.7 Å². The maximum Gasteiger partial charge on any atom is 0.327 e. The molecule has 10 nitrogen and oxygen atoms in total. The van der Waals surface area contributed by atoms with Crippen LogP contribution in [0.5, 0.6) is 0 Å². The highest BCUT2D eigenvalue weighted by Crippen LogP contribution is 2.20. The lowest BCUT2D eigenvalue weighted by molar-refractivity contribution is -0.142. The van der Waals surface area contributed by atoms with E-state index in [1.165, 1.54) is 0 Å². The molecule has 0 aliphatic rings. The maximum absolute atomic E-state index is 13.5. The monoisotopic (exact) mass is 533 g/mol. The number of hydrogen-bond acceptors (Lipinski definition) is 6. The number of carbonyl (C=O) groups is 4. The van der Waals surface area contributed by atoms with Crippen molar-refractivity contribution in [3.63, 3.8) is 0 Å². The number of aromatic amines is 1. The van der Waals surface area contributed by atoms with Gasteiger partial charge in [-0.3, -0.25) is 14.4 Å². The van der Waals surface area contributed by atoms with Crippen LogP contribution in [0.2, 0.25) is 0 Å². The first kappa shape index (κ1) is 30.2. The van der Waals surface area contributed by atoms with Gasteiger partial charge in [-0.05, 0) is 23.5 Å². The van der Waals surface area contributed by atoms with E-state index in [9.17, 15) is 24.3 Å². The number of fused-ring (bicyclic) bond motifs is 1. The van der Waals surface area contributed by atoms with Crippen LogP contribution in [0.4, 0.5) is 0 Å². The summed E-state index contributed by atoms with van der Waals surface area (Å²) in [5.74, 6) is -3.36. The largest absolute Gasteiger partial charge is 0.480 e. The molecule has 0 saturated carbocycles. The molecule has 6 atom stereocenters. The molecule has 6 unspecified atom stereocenters. The normalized spacial score (nSPS) is 16.2. The van der Waals surface area contributed by atoms with Gasteiger partial charge in [0, 0.05) is 29.3 Å². The number of hydrogen-bond donors (Lipinski definition) is 7. The van der Waals surface area contributed by atoms with Gasteiger partial charge in [0.2, 0.25) is 17.7 Å². The average molecular weight is 534 g/mol. The van der Waals surface area contributed by atoms with Gasteiger partial charge in [-0.15, -0.1) is 0 Å². The van der Waals surface area contributed by atoms with Crippen LogP contribution in [0, 0.1) is 11.8 Å². The molecule has 204 valence electrons. The highest BCUT2D eigenvalue weighted by molar-refractivity contribution is 7.80. The molecule has 0 radical (unpaired) electrons. The SMILES string of the molecule is CCC(C)C(N)C(=O)NC(Cc1c[nH]c2ccccc12)C(=O)NC(C(=O)NC(CS)C(=O)O)C(C)CC. The number of rotatable bonds is 14. The number of aromatic nitrogens is 1. The van der Waals surface area contributed by atoms with Gasteiger partial charge < -0.3 is 31.8 Å². The van der Waals surface area contributed by atoms with Crippen LogP contribution in [0.1, 0.15) is 46.1 Å². The number of H-pyrrole nitrogens is 1. The first-order chi connectivity index (χ1) is 17.5. The van der Waals surface area contributed by atoms with Gasteiger partial charge in [0.05, 0.1) is 6.04 Å². The Morgan fingerprint density at radius 3 is 2.16 bits per heavy atom. The number of benzene rings is 1. The van der Waals surface area contributed by atoms with Gasteiger partial charge in [0.25, 0.3) is 0 Å². The molecule has 0 aliphatic heterocycles. The van der Waals surface area contributed by atoms with Crippen molar-refractivity contribution in [1.29, 1.82) is 0 Å². The van der Waals surface area contributed by atoms with E-state index in [0.29, 0.717) is 12.8 Å². The topological polar surface area (TPSA) is 166 Å². The molecule has 0 spiro atoms. The van der Waals surface area contributed by atoms with E-state index in [0.717, 1.165) is 16.5 Å². The summed E-state index contributed by atoms with van der Waals surface area (Å²) in [4.78, 5) is 54.0. The molecule has 3 amide bonds. The smallest absolute Gasteiger partial charge is 0.327 e. The highest BCUT2D eigenvalue weighted by Gasteiger charge is 2.33. The number of carbonyl (C=O) groups excluding carboxylic acids is 3. The van der Waals surface area contributed by atoms with Crippen LogP contribution in [0.3, 0.4) is 0 Å².